The van der Waals surface area contributed by atoms with Crippen molar-refractivity contribution in [1.29, 1.82) is 0 Å². The number of amides is 1. The summed E-state index contributed by atoms with van der Waals surface area (Å²) >= 11 is 6.00. The van der Waals surface area contributed by atoms with Crippen LogP contribution in [0.5, 0.6) is 0 Å². The average molecular weight is 352 g/mol. The second-order valence-corrected chi connectivity index (χ2v) is 6.84. The van der Waals surface area contributed by atoms with Gasteiger partial charge in [-0.2, -0.15) is 5.10 Å². The number of carbonyl (C=O) groups excluding carboxylic acids is 1. The zero-order valence-corrected chi connectivity index (χ0v) is 14.4. The molecule has 0 radical (unpaired) electrons. The number of anilines is 1. The first-order valence-electron chi connectivity index (χ1n) is 8.32. The molecule has 0 aliphatic heterocycles. The van der Waals surface area contributed by atoms with Gasteiger partial charge in [0.2, 0.25) is 5.91 Å². The van der Waals surface area contributed by atoms with Gasteiger partial charge in [0, 0.05) is 17.1 Å². The summed E-state index contributed by atoms with van der Waals surface area (Å²) in [6, 6.07) is 17.9. The minimum absolute atomic E-state index is 0.0543. The molecule has 1 amide bonds. The minimum Gasteiger partial charge on any atom is -0.323 e. The average Bonchev–Trinajstić information content (AvgIpc) is 3.31. The lowest BCUT2D eigenvalue weighted by Gasteiger charge is -2.03. The third kappa shape index (κ3) is 3.74. The number of rotatable bonds is 5. The van der Waals surface area contributed by atoms with E-state index in [0.717, 1.165) is 17.7 Å². The van der Waals surface area contributed by atoms with E-state index >= 15 is 0 Å². The molecule has 126 valence electrons. The molecule has 4 nitrogen and oxygen atoms in total. The van der Waals surface area contributed by atoms with Gasteiger partial charge in [-0.15, -0.1) is 0 Å². The number of carbonyl (C=O) groups is 1. The Morgan fingerprint density at radius 1 is 1.20 bits per heavy atom. The van der Waals surface area contributed by atoms with E-state index < -0.39 is 0 Å². The molecule has 2 aromatic carbocycles. The van der Waals surface area contributed by atoms with E-state index in [0.29, 0.717) is 17.5 Å². The summed E-state index contributed by atoms with van der Waals surface area (Å²) < 4.78 is 1.79. The minimum atomic E-state index is 0.0543. The Bertz CT molecular complexity index is 891. The molecule has 1 aliphatic carbocycles. The van der Waals surface area contributed by atoms with Gasteiger partial charge in [-0.25, -0.2) is 0 Å². The molecule has 1 saturated carbocycles. The van der Waals surface area contributed by atoms with Gasteiger partial charge >= 0.3 is 0 Å². The van der Waals surface area contributed by atoms with Crippen LogP contribution in [0.25, 0.3) is 0 Å². The van der Waals surface area contributed by atoms with Crippen LogP contribution in [0.2, 0.25) is 5.02 Å². The molecule has 1 fully saturated rings. The highest BCUT2D eigenvalue weighted by atomic mass is 35.5. The predicted octanol–water partition coefficient (Wildman–Crippen LogP) is 4.33. The lowest BCUT2D eigenvalue weighted by molar-refractivity contribution is -0.117. The second-order valence-electron chi connectivity index (χ2n) is 6.41. The number of benzene rings is 2. The summed E-state index contributed by atoms with van der Waals surface area (Å²) in [6.07, 6.45) is 4.44. The largest absolute Gasteiger partial charge is 0.323 e. The van der Waals surface area contributed by atoms with Crippen molar-refractivity contribution in [2.75, 3.05) is 5.32 Å². The van der Waals surface area contributed by atoms with Gasteiger partial charge in [0.1, 0.15) is 0 Å². The van der Waals surface area contributed by atoms with Crippen molar-refractivity contribution in [2.24, 2.45) is 5.92 Å². The van der Waals surface area contributed by atoms with Crippen LogP contribution >= 0.6 is 11.6 Å². The highest BCUT2D eigenvalue weighted by Gasteiger charge is 2.43. The zero-order chi connectivity index (χ0) is 17.2. The van der Waals surface area contributed by atoms with Crippen molar-refractivity contribution >= 4 is 23.2 Å². The van der Waals surface area contributed by atoms with Crippen LogP contribution in [0, 0.1) is 5.92 Å². The highest BCUT2D eigenvalue weighted by Crippen LogP contribution is 2.47. The van der Waals surface area contributed by atoms with Crippen molar-refractivity contribution in [3.63, 3.8) is 0 Å². The number of aromatic nitrogens is 2. The fourth-order valence-electron chi connectivity index (χ4n) is 3.13. The molecular formula is C20H18ClN3O. The van der Waals surface area contributed by atoms with Crippen molar-refractivity contribution in [1.82, 2.24) is 9.78 Å². The second kappa shape index (κ2) is 6.73. The molecule has 2 unspecified atom stereocenters. The van der Waals surface area contributed by atoms with Crippen molar-refractivity contribution < 1.29 is 4.79 Å². The molecule has 3 aromatic rings. The molecule has 0 spiro atoms. The highest BCUT2D eigenvalue weighted by molar-refractivity contribution is 6.30. The number of hydrogen-bond acceptors (Lipinski definition) is 2. The first kappa shape index (κ1) is 15.9. The third-order valence-corrected chi connectivity index (χ3v) is 4.72. The summed E-state index contributed by atoms with van der Waals surface area (Å²) in [6.45, 7) is 0.618. The standard InChI is InChI=1S/C20H18ClN3O/c21-16-8-4-5-14(9-16)12-24-13-17(11-22-24)23-20(25)19-10-18(19)15-6-2-1-3-7-15/h1-9,11,13,18-19H,10,12H2,(H,23,25). The molecule has 25 heavy (non-hydrogen) atoms. The summed E-state index contributed by atoms with van der Waals surface area (Å²) in [7, 11) is 0. The van der Waals surface area contributed by atoms with E-state index in [1.54, 1.807) is 10.9 Å². The summed E-state index contributed by atoms with van der Waals surface area (Å²) in [5.41, 5.74) is 3.03. The monoisotopic (exact) mass is 351 g/mol. The van der Waals surface area contributed by atoms with Gasteiger partial charge < -0.3 is 5.32 Å². The molecule has 1 heterocycles. The zero-order valence-electron chi connectivity index (χ0n) is 13.6. The van der Waals surface area contributed by atoms with Crippen molar-refractivity contribution in [3.8, 4) is 0 Å². The molecule has 0 saturated heterocycles. The van der Waals surface area contributed by atoms with Gasteiger partial charge in [-0.3, -0.25) is 9.48 Å². The quantitative estimate of drug-likeness (QED) is 0.743. The number of nitrogens with one attached hydrogen (secondary N) is 1. The van der Waals surface area contributed by atoms with Crippen LogP contribution in [-0.4, -0.2) is 15.7 Å². The predicted molar refractivity (Wildman–Crippen MR) is 98.7 cm³/mol. The normalized spacial score (nSPS) is 18.8. The molecule has 1 aromatic heterocycles. The van der Waals surface area contributed by atoms with Crippen LogP contribution < -0.4 is 5.32 Å². The van der Waals surface area contributed by atoms with Crippen molar-refractivity contribution in [3.05, 3.63) is 83.1 Å². The summed E-state index contributed by atoms with van der Waals surface area (Å²) in [5.74, 6) is 0.456. The fraction of sp³-hybridized carbons (Fsp3) is 0.200. The molecule has 1 aliphatic rings. The molecular weight excluding hydrogens is 334 g/mol. The Hall–Kier alpha value is -2.59. The van der Waals surface area contributed by atoms with Crippen LogP contribution in [0.4, 0.5) is 5.69 Å². The Kier molecular flexibility index (Phi) is 4.28. The van der Waals surface area contributed by atoms with E-state index in [-0.39, 0.29) is 11.8 Å². The van der Waals surface area contributed by atoms with Gasteiger partial charge in [0.25, 0.3) is 0 Å². The van der Waals surface area contributed by atoms with Gasteiger partial charge in [0.05, 0.1) is 18.4 Å². The maximum atomic E-state index is 12.4. The Labute approximate surface area is 151 Å². The molecule has 0 bridgehead atoms. The van der Waals surface area contributed by atoms with Crippen LogP contribution in [0.15, 0.2) is 67.0 Å². The third-order valence-electron chi connectivity index (χ3n) is 4.49. The first-order chi connectivity index (χ1) is 12.2. The van der Waals surface area contributed by atoms with E-state index in [1.807, 2.05) is 48.7 Å². The maximum Gasteiger partial charge on any atom is 0.228 e. The topological polar surface area (TPSA) is 46.9 Å². The van der Waals surface area contributed by atoms with Crippen LogP contribution in [-0.2, 0) is 11.3 Å². The Morgan fingerprint density at radius 2 is 2.04 bits per heavy atom. The van der Waals surface area contributed by atoms with E-state index in [9.17, 15) is 4.79 Å². The summed E-state index contributed by atoms with van der Waals surface area (Å²) in [5, 5.41) is 7.99. The maximum absolute atomic E-state index is 12.4. The first-order valence-corrected chi connectivity index (χ1v) is 8.69. The molecule has 2 atom stereocenters. The lowest BCUT2D eigenvalue weighted by atomic mass is 10.1. The fourth-order valence-corrected chi connectivity index (χ4v) is 3.34. The number of halogens is 1. The van der Waals surface area contributed by atoms with Gasteiger partial charge in [0.15, 0.2) is 0 Å². The van der Waals surface area contributed by atoms with E-state index in [2.05, 4.69) is 22.5 Å². The summed E-state index contributed by atoms with van der Waals surface area (Å²) in [4.78, 5) is 12.4. The lowest BCUT2D eigenvalue weighted by Crippen LogP contribution is -2.14. The van der Waals surface area contributed by atoms with E-state index in [4.69, 9.17) is 11.6 Å². The molecule has 1 N–H and O–H groups in total. The Balaban J connectivity index is 1.36. The SMILES string of the molecule is O=C(Nc1cnn(Cc2cccc(Cl)c2)c1)C1CC1c1ccccc1. The Morgan fingerprint density at radius 3 is 2.84 bits per heavy atom. The van der Waals surface area contributed by atoms with Gasteiger partial charge in [-0.05, 0) is 35.6 Å². The van der Waals surface area contributed by atoms with Crippen molar-refractivity contribution in [2.45, 2.75) is 18.9 Å². The number of hydrogen-bond donors (Lipinski definition) is 1. The smallest absolute Gasteiger partial charge is 0.228 e. The van der Waals surface area contributed by atoms with E-state index in [1.165, 1.54) is 5.56 Å². The molecule has 5 heteroatoms. The van der Waals surface area contributed by atoms with Crippen LogP contribution in [0.1, 0.15) is 23.5 Å². The van der Waals surface area contributed by atoms with Gasteiger partial charge in [-0.1, -0.05) is 54.1 Å². The number of nitrogens with zero attached hydrogens (tertiary/aromatic N) is 2. The molecule has 4 rings (SSSR count). The van der Waals surface area contributed by atoms with Crippen LogP contribution in [0.3, 0.4) is 0 Å².